The van der Waals surface area contributed by atoms with E-state index in [9.17, 15) is 0 Å². The lowest BCUT2D eigenvalue weighted by molar-refractivity contribution is 0.111. The van der Waals surface area contributed by atoms with E-state index in [2.05, 4.69) is 13.5 Å². The van der Waals surface area contributed by atoms with Gasteiger partial charge >= 0.3 is 0 Å². The molecule has 20 heavy (non-hydrogen) atoms. The Morgan fingerprint density at radius 3 is 1.95 bits per heavy atom. The van der Waals surface area contributed by atoms with Gasteiger partial charge in [-0.05, 0) is 55.8 Å². The molecule has 0 heterocycles. The van der Waals surface area contributed by atoms with Crippen LogP contribution in [0.25, 0.3) is 0 Å². The third kappa shape index (κ3) is 4.91. The molecule has 2 rings (SSSR count). The molecule has 1 heteroatoms. The SMILES string of the molecule is C=CCOCCC1CCC(C2CCC(CC)CC2)CC1. The molecule has 116 valence electrons. The van der Waals surface area contributed by atoms with Crippen molar-refractivity contribution in [3.8, 4) is 0 Å². The van der Waals surface area contributed by atoms with Crippen LogP contribution >= 0.6 is 0 Å². The first-order valence-electron chi connectivity index (χ1n) is 9.02. The van der Waals surface area contributed by atoms with E-state index in [1.54, 1.807) is 0 Å². The zero-order chi connectivity index (χ0) is 14.2. The summed E-state index contributed by atoms with van der Waals surface area (Å²) in [4.78, 5) is 0. The van der Waals surface area contributed by atoms with Crippen LogP contribution in [-0.2, 0) is 4.74 Å². The smallest absolute Gasteiger partial charge is 0.0644 e. The Kier molecular flexibility index (Phi) is 7.13. The summed E-state index contributed by atoms with van der Waals surface area (Å²) in [6, 6.07) is 0. The molecule has 0 aliphatic heterocycles. The third-order valence-electron chi connectivity index (χ3n) is 5.93. The van der Waals surface area contributed by atoms with Crippen LogP contribution in [0.4, 0.5) is 0 Å². The van der Waals surface area contributed by atoms with E-state index in [0.29, 0.717) is 0 Å². The van der Waals surface area contributed by atoms with Gasteiger partial charge in [0.2, 0.25) is 0 Å². The summed E-state index contributed by atoms with van der Waals surface area (Å²) in [6.45, 7) is 7.71. The van der Waals surface area contributed by atoms with Gasteiger partial charge in [0, 0.05) is 6.61 Å². The first kappa shape index (κ1) is 16.1. The second kappa shape index (κ2) is 8.87. The van der Waals surface area contributed by atoms with Gasteiger partial charge in [-0.15, -0.1) is 6.58 Å². The fraction of sp³-hybridized carbons (Fsp3) is 0.895. The molecular weight excluding hydrogens is 244 g/mol. The molecule has 0 atom stereocenters. The molecule has 2 aliphatic carbocycles. The van der Waals surface area contributed by atoms with E-state index < -0.39 is 0 Å². The van der Waals surface area contributed by atoms with Gasteiger partial charge < -0.3 is 4.74 Å². The second-order valence-corrected chi connectivity index (χ2v) is 7.12. The van der Waals surface area contributed by atoms with Crippen molar-refractivity contribution in [2.75, 3.05) is 13.2 Å². The minimum Gasteiger partial charge on any atom is -0.377 e. The largest absolute Gasteiger partial charge is 0.377 e. The molecule has 2 fully saturated rings. The Bertz CT molecular complexity index is 257. The molecule has 1 nitrogen and oxygen atoms in total. The van der Waals surface area contributed by atoms with Crippen molar-refractivity contribution in [3.63, 3.8) is 0 Å². The topological polar surface area (TPSA) is 9.23 Å². The number of ether oxygens (including phenoxy) is 1. The zero-order valence-corrected chi connectivity index (χ0v) is 13.5. The lowest BCUT2D eigenvalue weighted by Crippen LogP contribution is -2.26. The number of hydrogen-bond acceptors (Lipinski definition) is 1. The van der Waals surface area contributed by atoms with Crippen LogP contribution in [-0.4, -0.2) is 13.2 Å². The van der Waals surface area contributed by atoms with Crippen LogP contribution < -0.4 is 0 Å². The van der Waals surface area contributed by atoms with E-state index in [0.717, 1.165) is 36.9 Å². The average molecular weight is 278 g/mol. The Morgan fingerprint density at radius 1 is 0.900 bits per heavy atom. The monoisotopic (exact) mass is 278 g/mol. The highest BCUT2D eigenvalue weighted by atomic mass is 16.5. The highest BCUT2D eigenvalue weighted by Gasteiger charge is 2.30. The molecule has 0 amide bonds. The summed E-state index contributed by atoms with van der Waals surface area (Å²) in [5.74, 6) is 4.10. The number of rotatable bonds is 7. The van der Waals surface area contributed by atoms with Gasteiger partial charge in [-0.3, -0.25) is 0 Å². The van der Waals surface area contributed by atoms with Crippen molar-refractivity contribution in [3.05, 3.63) is 12.7 Å². The van der Waals surface area contributed by atoms with Crippen molar-refractivity contribution in [2.45, 2.75) is 71.1 Å². The molecule has 0 aromatic rings. The van der Waals surface area contributed by atoms with Gasteiger partial charge in [0.1, 0.15) is 0 Å². The molecule has 0 aromatic carbocycles. The Morgan fingerprint density at radius 2 is 1.45 bits per heavy atom. The Balaban J connectivity index is 1.60. The van der Waals surface area contributed by atoms with Gasteiger partial charge in [0.15, 0.2) is 0 Å². The zero-order valence-electron chi connectivity index (χ0n) is 13.5. The highest BCUT2D eigenvalue weighted by molar-refractivity contribution is 4.81. The molecule has 0 bridgehead atoms. The first-order chi connectivity index (χ1) is 9.83. The van der Waals surface area contributed by atoms with Gasteiger partial charge in [-0.2, -0.15) is 0 Å². The summed E-state index contributed by atoms with van der Waals surface area (Å²) in [5.41, 5.74) is 0. The molecule has 0 N–H and O–H groups in total. The molecule has 2 aliphatic rings. The predicted octanol–water partition coefficient (Wildman–Crippen LogP) is 5.60. The Labute approximate surface area is 126 Å². The van der Waals surface area contributed by atoms with Gasteiger partial charge in [-0.25, -0.2) is 0 Å². The van der Waals surface area contributed by atoms with Crippen molar-refractivity contribution >= 4 is 0 Å². The summed E-state index contributed by atoms with van der Waals surface area (Å²) < 4.78 is 5.53. The third-order valence-corrected chi connectivity index (χ3v) is 5.93. The molecule has 0 unspecified atom stereocenters. The molecule has 0 saturated heterocycles. The summed E-state index contributed by atoms with van der Waals surface area (Å²) in [7, 11) is 0. The molecule has 0 radical (unpaired) electrons. The minimum absolute atomic E-state index is 0.718. The Hall–Kier alpha value is -0.300. The summed E-state index contributed by atoms with van der Waals surface area (Å²) >= 11 is 0. The van der Waals surface area contributed by atoms with Crippen LogP contribution in [0.15, 0.2) is 12.7 Å². The van der Waals surface area contributed by atoms with Gasteiger partial charge in [0.25, 0.3) is 0 Å². The fourth-order valence-corrected chi connectivity index (χ4v) is 4.43. The van der Waals surface area contributed by atoms with Gasteiger partial charge in [0.05, 0.1) is 6.61 Å². The minimum atomic E-state index is 0.718. The van der Waals surface area contributed by atoms with E-state index in [-0.39, 0.29) is 0 Å². The predicted molar refractivity (Wildman–Crippen MR) is 86.8 cm³/mol. The first-order valence-corrected chi connectivity index (χ1v) is 9.02. The molecule has 0 spiro atoms. The van der Waals surface area contributed by atoms with Crippen molar-refractivity contribution < 1.29 is 4.74 Å². The quantitative estimate of drug-likeness (QED) is 0.435. The van der Waals surface area contributed by atoms with E-state index in [1.165, 1.54) is 64.2 Å². The van der Waals surface area contributed by atoms with Crippen molar-refractivity contribution in [2.24, 2.45) is 23.7 Å². The summed E-state index contributed by atoms with van der Waals surface area (Å²) in [6.07, 6.45) is 16.5. The van der Waals surface area contributed by atoms with Crippen LogP contribution in [0.1, 0.15) is 71.1 Å². The highest BCUT2D eigenvalue weighted by Crippen LogP contribution is 2.42. The molecule has 0 aromatic heterocycles. The normalized spacial score (nSPS) is 34.9. The fourth-order valence-electron chi connectivity index (χ4n) is 4.43. The van der Waals surface area contributed by atoms with Crippen molar-refractivity contribution in [1.29, 1.82) is 0 Å². The standard InChI is InChI=1S/C19H34O/c1-3-14-20-15-13-17-7-11-19(12-8-17)18-9-5-16(4-2)6-10-18/h3,16-19H,1,4-15H2,2H3. The summed E-state index contributed by atoms with van der Waals surface area (Å²) in [5, 5.41) is 0. The van der Waals surface area contributed by atoms with E-state index >= 15 is 0 Å². The van der Waals surface area contributed by atoms with E-state index in [4.69, 9.17) is 4.74 Å². The van der Waals surface area contributed by atoms with Crippen LogP contribution in [0.2, 0.25) is 0 Å². The lowest BCUT2D eigenvalue weighted by atomic mass is 9.68. The van der Waals surface area contributed by atoms with E-state index in [1.807, 2.05) is 6.08 Å². The average Bonchev–Trinajstić information content (AvgIpc) is 2.52. The lowest BCUT2D eigenvalue weighted by Gasteiger charge is -2.37. The van der Waals surface area contributed by atoms with Gasteiger partial charge in [-0.1, -0.05) is 45.1 Å². The molecular formula is C19H34O. The maximum absolute atomic E-state index is 5.53. The van der Waals surface area contributed by atoms with Crippen LogP contribution in [0, 0.1) is 23.7 Å². The number of hydrogen-bond donors (Lipinski definition) is 0. The maximum atomic E-state index is 5.53. The second-order valence-electron chi connectivity index (χ2n) is 7.12. The van der Waals surface area contributed by atoms with Crippen LogP contribution in [0.3, 0.4) is 0 Å². The van der Waals surface area contributed by atoms with Crippen LogP contribution in [0.5, 0.6) is 0 Å². The molecule has 2 saturated carbocycles. The maximum Gasteiger partial charge on any atom is 0.0644 e. The van der Waals surface area contributed by atoms with Crippen molar-refractivity contribution in [1.82, 2.24) is 0 Å².